The van der Waals surface area contributed by atoms with Crippen LogP contribution in [0.5, 0.6) is 0 Å². The lowest BCUT2D eigenvalue weighted by molar-refractivity contribution is 0.878. The SMILES string of the molecule is Cc1ncc(CNc2cc(Cl)ccc2-n2cncn2)s1. The summed E-state index contributed by atoms with van der Waals surface area (Å²) in [5, 5.41) is 9.26. The maximum Gasteiger partial charge on any atom is 0.138 e. The van der Waals surface area contributed by atoms with E-state index in [0.29, 0.717) is 11.6 Å². The van der Waals surface area contributed by atoms with Gasteiger partial charge in [-0.3, -0.25) is 0 Å². The molecular weight excluding hydrogens is 294 g/mol. The Morgan fingerprint density at radius 1 is 1.40 bits per heavy atom. The normalized spacial score (nSPS) is 10.7. The Kier molecular flexibility index (Phi) is 3.66. The quantitative estimate of drug-likeness (QED) is 0.803. The van der Waals surface area contributed by atoms with Crippen molar-refractivity contribution in [2.75, 3.05) is 5.32 Å². The van der Waals surface area contributed by atoms with Crippen LogP contribution in [0.15, 0.2) is 37.1 Å². The van der Waals surface area contributed by atoms with E-state index in [0.717, 1.165) is 16.4 Å². The van der Waals surface area contributed by atoms with Gasteiger partial charge in [-0.2, -0.15) is 5.10 Å². The molecule has 0 amide bonds. The lowest BCUT2D eigenvalue weighted by Gasteiger charge is -2.11. The average molecular weight is 306 g/mol. The summed E-state index contributed by atoms with van der Waals surface area (Å²) in [5.74, 6) is 0. The van der Waals surface area contributed by atoms with Crippen molar-refractivity contribution in [3.63, 3.8) is 0 Å². The van der Waals surface area contributed by atoms with Gasteiger partial charge in [0.1, 0.15) is 12.7 Å². The molecule has 2 heterocycles. The van der Waals surface area contributed by atoms with Crippen LogP contribution >= 0.6 is 22.9 Å². The van der Waals surface area contributed by atoms with E-state index >= 15 is 0 Å². The first-order valence-corrected chi connectivity index (χ1v) is 7.21. The minimum absolute atomic E-state index is 0.678. The van der Waals surface area contributed by atoms with Crippen LogP contribution in [-0.4, -0.2) is 19.7 Å². The minimum Gasteiger partial charge on any atom is -0.378 e. The van der Waals surface area contributed by atoms with Gasteiger partial charge in [-0.1, -0.05) is 11.6 Å². The van der Waals surface area contributed by atoms with Crippen LogP contribution < -0.4 is 5.32 Å². The summed E-state index contributed by atoms with van der Waals surface area (Å²) in [6, 6.07) is 5.63. The summed E-state index contributed by atoms with van der Waals surface area (Å²) in [7, 11) is 0. The predicted octanol–water partition coefficient (Wildman–Crippen LogP) is 3.30. The molecule has 0 aliphatic carbocycles. The summed E-state index contributed by atoms with van der Waals surface area (Å²) >= 11 is 7.74. The molecule has 0 fully saturated rings. The van der Waals surface area contributed by atoms with E-state index in [4.69, 9.17) is 11.6 Å². The zero-order chi connectivity index (χ0) is 13.9. The molecule has 1 aromatic carbocycles. The minimum atomic E-state index is 0.678. The number of anilines is 1. The van der Waals surface area contributed by atoms with E-state index in [1.54, 1.807) is 22.3 Å². The van der Waals surface area contributed by atoms with E-state index < -0.39 is 0 Å². The molecule has 7 heteroatoms. The number of benzene rings is 1. The molecule has 0 aliphatic rings. The van der Waals surface area contributed by atoms with Crippen molar-refractivity contribution in [3.05, 3.63) is 52.0 Å². The van der Waals surface area contributed by atoms with Gasteiger partial charge < -0.3 is 5.32 Å². The molecule has 0 aliphatic heterocycles. The fraction of sp³-hybridized carbons (Fsp3) is 0.154. The molecule has 0 saturated heterocycles. The van der Waals surface area contributed by atoms with Gasteiger partial charge in [-0.15, -0.1) is 11.3 Å². The second-order valence-electron chi connectivity index (χ2n) is 4.20. The number of nitrogens with zero attached hydrogens (tertiary/aromatic N) is 4. The van der Waals surface area contributed by atoms with Crippen LogP contribution in [0.2, 0.25) is 5.02 Å². The largest absolute Gasteiger partial charge is 0.378 e. The maximum atomic E-state index is 6.07. The average Bonchev–Trinajstić information content (AvgIpc) is 3.08. The van der Waals surface area contributed by atoms with E-state index in [1.165, 1.54) is 11.2 Å². The van der Waals surface area contributed by atoms with Gasteiger partial charge in [0, 0.05) is 16.1 Å². The van der Waals surface area contributed by atoms with Crippen molar-refractivity contribution in [3.8, 4) is 5.69 Å². The predicted molar refractivity (Wildman–Crippen MR) is 80.5 cm³/mol. The fourth-order valence-corrected chi connectivity index (χ4v) is 2.76. The first kappa shape index (κ1) is 13.1. The molecule has 102 valence electrons. The van der Waals surface area contributed by atoms with Crippen LogP contribution in [0, 0.1) is 6.92 Å². The molecule has 20 heavy (non-hydrogen) atoms. The maximum absolute atomic E-state index is 6.07. The Labute approximate surface area is 125 Å². The van der Waals surface area contributed by atoms with Gasteiger partial charge in [0.25, 0.3) is 0 Å². The number of hydrogen-bond acceptors (Lipinski definition) is 5. The van der Waals surface area contributed by atoms with Crippen molar-refractivity contribution >= 4 is 28.6 Å². The smallest absolute Gasteiger partial charge is 0.138 e. The second kappa shape index (κ2) is 5.60. The highest BCUT2D eigenvalue weighted by atomic mass is 35.5. The van der Waals surface area contributed by atoms with E-state index in [1.807, 2.05) is 31.3 Å². The summed E-state index contributed by atoms with van der Waals surface area (Å²) < 4.78 is 1.70. The molecule has 5 nitrogen and oxygen atoms in total. The molecule has 2 aromatic heterocycles. The Hall–Kier alpha value is -1.92. The van der Waals surface area contributed by atoms with Crippen molar-refractivity contribution in [1.82, 2.24) is 19.7 Å². The van der Waals surface area contributed by atoms with E-state index in [2.05, 4.69) is 20.4 Å². The summed E-state index contributed by atoms with van der Waals surface area (Å²) in [4.78, 5) is 9.38. The Morgan fingerprint density at radius 2 is 2.30 bits per heavy atom. The number of thiazole rings is 1. The van der Waals surface area contributed by atoms with Crippen LogP contribution in [0.1, 0.15) is 9.88 Å². The number of aryl methyl sites for hydroxylation is 1. The monoisotopic (exact) mass is 305 g/mol. The number of aromatic nitrogens is 4. The van der Waals surface area contributed by atoms with Gasteiger partial charge in [0.15, 0.2) is 0 Å². The topological polar surface area (TPSA) is 55.6 Å². The highest BCUT2D eigenvalue weighted by molar-refractivity contribution is 7.11. The number of rotatable bonds is 4. The Balaban J connectivity index is 1.86. The Bertz CT molecular complexity index is 707. The standard InChI is InChI=1S/C13H12ClN5S/c1-9-16-5-11(20-9)6-17-12-4-10(14)2-3-13(12)19-8-15-7-18-19/h2-5,7-8,17H,6H2,1H3. The molecule has 0 bridgehead atoms. The molecule has 1 N–H and O–H groups in total. The lowest BCUT2D eigenvalue weighted by Crippen LogP contribution is -2.04. The van der Waals surface area contributed by atoms with Crippen molar-refractivity contribution in [1.29, 1.82) is 0 Å². The van der Waals surface area contributed by atoms with Crippen molar-refractivity contribution in [2.24, 2.45) is 0 Å². The third kappa shape index (κ3) is 2.81. The summed E-state index contributed by atoms with van der Waals surface area (Å²) in [5.41, 5.74) is 1.82. The first-order valence-electron chi connectivity index (χ1n) is 6.02. The molecular formula is C13H12ClN5S. The number of halogens is 1. The molecule has 3 rings (SSSR count). The summed E-state index contributed by atoms with van der Waals surface area (Å²) in [6.45, 7) is 2.70. The van der Waals surface area contributed by atoms with Crippen molar-refractivity contribution in [2.45, 2.75) is 13.5 Å². The van der Waals surface area contributed by atoms with Gasteiger partial charge in [-0.05, 0) is 25.1 Å². The van der Waals surface area contributed by atoms with Gasteiger partial charge in [-0.25, -0.2) is 14.6 Å². The lowest BCUT2D eigenvalue weighted by atomic mass is 10.2. The Morgan fingerprint density at radius 3 is 3.00 bits per heavy atom. The van der Waals surface area contributed by atoms with Crippen LogP contribution in [0.4, 0.5) is 5.69 Å². The molecule has 0 unspecified atom stereocenters. The highest BCUT2D eigenvalue weighted by Gasteiger charge is 2.07. The van der Waals surface area contributed by atoms with Gasteiger partial charge >= 0.3 is 0 Å². The molecule has 0 radical (unpaired) electrons. The highest BCUT2D eigenvalue weighted by Crippen LogP contribution is 2.25. The fourth-order valence-electron chi connectivity index (χ4n) is 1.85. The molecule has 0 spiro atoms. The third-order valence-electron chi connectivity index (χ3n) is 2.75. The van der Waals surface area contributed by atoms with E-state index in [9.17, 15) is 0 Å². The molecule has 3 aromatic rings. The van der Waals surface area contributed by atoms with E-state index in [-0.39, 0.29) is 0 Å². The first-order chi connectivity index (χ1) is 9.72. The van der Waals surface area contributed by atoms with Crippen LogP contribution in [0.3, 0.4) is 0 Å². The van der Waals surface area contributed by atoms with Crippen LogP contribution in [0.25, 0.3) is 5.69 Å². The molecule has 0 saturated carbocycles. The zero-order valence-corrected chi connectivity index (χ0v) is 12.3. The van der Waals surface area contributed by atoms with Crippen LogP contribution in [-0.2, 0) is 6.54 Å². The number of hydrogen-bond donors (Lipinski definition) is 1. The summed E-state index contributed by atoms with van der Waals surface area (Å²) in [6.07, 6.45) is 5.04. The molecule has 0 atom stereocenters. The zero-order valence-electron chi connectivity index (χ0n) is 10.7. The second-order valence-corrected chi connectivity index (χ2v) is 5.96. The van der Waals surface area contributed by atoms with Gasteiger partial charge in [0.2, 0.25) is 0 Å². The third-order valence-corrected chi connectivity index (χ3v) is 3.89. The number of nitrogens with one attached hydrogen (secondary N) is 1. The van der Waals surface area contributed by atoms with Crippen molar-refractivity contribution < 1.29 is 0 Å². The van der Waals surface area contributed by atoms with Gasteiger partial charge in [0.05, 0.1) is 22.9 Å².